The second-order valence-corrected chi connectivity index (χ2v) is 4.86. The van der Waals surface area contributed by atoms with E-state index >= 15 is 0 Å². The van der Waals surface area contributed by atoms with E-state index in [9.17, 15) is 19.2 Å². The zero-order chi connectivity index (χ0) is 20.8. The summed E-state index contributed by atoms with van der Waals surface area (Å²) in [7, 11) is 0. The highest BCUT2D eigenvalue weighted by molar-refractivity contribution is 5.75. The molecule has 0 amide bonds. The molecule has 0 atom stereocenters. The molecule has 0 spiro atoms. The molecule has 2 aromatic rings. The molecular weight excluding hydrogens is 384 g/mol. The molecule has 0 bridgehead atoms. The first-order valence-corrected chi connectivity index (χ1v) is 7.06. The minimum absolute atomic E-state index is 0.0843. The van der Waals surface area contributed by atoms with Crippen LogP contribution in [0.5, 0.6) is 23.0 Å². The number of hydrogen-bond acceptors (Lipinski definition) is 8. The van der Waals surface area contributed by atoms with E-state index in [1.807, 2.05) is 0 Å². The van der Waals surface area contributed by atoms with Crippen LogP contribution in [-0.4, -0.2) is 45.0 Å². The monoisotopic (exact) mass is 394 g/mol. The summed E-state index contributed by atoms with van der Waals surface area (Å²) < 4.78 is 17.9. The van der Waals surface area contributed by atoms with Crippen molar-refractivity contribution in [2.45, 2.75) is 0 Å². The van der Waals surface area contributed by atoms with Crippen molar-refractivity contribution in [1.29, 1.82) is 0 Å². The van der Waals surface area contributed by atoms with Gasteiger partial charge in [0.25, 0.3) is 0 Å². The molecule has 0 aliphatic heterocycles. The van der Waals surface area contributed by atoms with Gasteiger partial charge < -0.3 is 39.4 Å². The molecule has 146 valence electrons. The molecule has 0 radical (unpaired) electrons. The smallest absolute Gasteiger partial charge is 0.449 e. The van der Waals surface area contributed by atoms with E-state index in [0.717, 1.165) is 36.4 Å². The summed E-state index contributed by atoms with van der Waals surface area (Å²) in [6, 6.07) is 6.61. The molecule has 0 heterocycles. The van der Waals surface area contributed by atoms with Crippen molar-refractivity contribution < 1.29 is 58.6 Å². The van der Waals surface area contributed by atoms with Gasteiger partial charge in [-0.15, -0.1) is 0 Å². The molecule has 0 aliphatic rings. The molecule has 0 saturated carbocycles. The van der Waals surface area contributed by atoms with Crippen LogP contribution in [-0.2, 0) is 0 Å². The fraction of sp³-hybridized carbons (Fsp3) is 0. The predicted octanol–water partition coefficient (Wildman–Crippen LogP) is 3.58. The number of rotatable bonds is 5. The Morgan fingerprint density at radius 1 is 0.464 bits per heavy atom. The summed E-state index contributed by atoms with van der Waals surface area (Å²) in [5, 5.41) is 35.0. The van der Waals surface area contributed by atoms with Crippen LogP contribution < -0.4 is 18.9 Å². The minimum atomic E-state index is -1.68. The lowest BCUT2D eigenvalue weighted by atomic mass is 10.0. The maximum atomic E-state index is 10.8. The number of benzene rings is 2. The zero-order valence-corrected chi connectivity index (χ0v) is 13.5. The lowest BCUT2D eigenvalue weighted by Gasteiger charge is -2.11. The van der Waals surface area contributed by atoms with Gasteiger partial charge in [0.05, 0.1) is 0 Å². The van der Waals surface area contributed by atoms with Gasteiger partial charge in [0.2, 0.25) is 0 Å². The van der Waals surface area contributed by atoms with E-state index < -0.39 is 24.6 Å². The Balaban J connectivity index is 2.59. The summed E-state index contributed by atoms with van der Waals surface area (Å²) >= 11 is 0. The van der Waals surface area contributed by atoms with Gasteiger partial charge in [-0.05, 0) is 35.4 Å². The third kappa shape index (κ3) is 5.80. The highest BCUT2D eigenvalue weighted by Gasteiger charge is 2.14. The van der Waals surface area contributed by atoms with E-state index in [1.54, 1.807) is 0 Å². The predicted molar refractivity (Wildman–Crippen MR) is 86.5 cm³/mol. The number of hydrogen-bond donors (Lipinski definition) is 4. The lowest BCUT2D eigenvalue weighted by Crippen LogP contribution is -2.07. The van der Waals surface area contributed by atoms with Gasteiger partial charge >= 0.3 is 24.6 Å². The molecule has 0 fully saturated rings. The maximum Gasteiger partial charge on any atom is 0.511 e. The second kappa shape index (κ2) is 8.27. The summed E-state index contributed by atoms with van der Waals surface area (Å²) in [5.41, 5.74) is 0.169. The molecule has 2 aromatic carbocycles. The second-order valence-electron chi connectivity index (χ2n) is 4.86. The van der Waals surface area contributed by atoms with E-state index in [1.165, 1.54) is 0 Å². The van der Waals surface area contributed by atoms with E-state index in [2.05, 4.69) is 18.9 Å². The highest BCUT2D eigenvalue weighted by Crippen LogP contribution is 2.35. The summed E-state index contributed by atoms with van der Waals surface area (Å²) in [4.78, 5) is 43.0. The normalized spacial score (nSPS) is 9.86. The first-order valence-electron chi connectivity index (χ1n) is 7.06. The number of ether oxygens (including phenoxy) is 4. The Labute approximate surface area is 154 Å². The maximum absolute atomic E-state index is 10.8. The van der Waals surface area contributed by atoms with Gasteiger partial charge in [-0.2, -0.15) is 0 Å². The molecule has 0 aromatic heterocycles. The largest absolute Gasteiger partial charge is 0.511 e. The molecule has 0 unspecified atom stereocenters. The van der Waals surface area contributed by atoms with Crippen LogP contribution in [0.2, 0.25) is 0 Å². The van der Waals surface area contributed by atoms with Crippen LogP contribution in [0, 0.1) is 0 Å². The molecule has 0 aliphatic carbocycles. The van der Waals surface area contributed by atoms with Crippen LogP contribution in [0.4, 0.5) is 19.2 Å². The molecular formula is C16H10O12. The highest BCUT2D eigenvalue weighted by atomic mass is 16.7. The van der Waals surface area contributed by atoms with Crippen molar-refractivity contribution in [1.82, 2.24) is 0 Å². The first-order chi connectivity index (χ1) is 13.1. The summed E-state index contributed by atoms with van der Waals surface area (Å²) in [5.74, 6) is -1.25. The van der Waals surface area contributed by atoms with Crippen molar-refractivity contribution in [2.24, 2.45) is 0 Å². The topological polar surface area (TPSA) is 186 Å². The average molecular weight is 394 g/mol. The lowest BCUT2D eigenvalue weighted by molar-refractivity contribution is 0.140. The Bertz CT molecular complexity index is 803. The van der Waals surface area contributed by atoms with Crippen molar-refractivity contribution in [3.05, 3.63) is 36.4 Å². The van der Waals surface area contributed by atoms with Gasteiger partial charge in [0.15, 0.2) is 0 Å². The van der Waals surface area contributed by atoms with Crippen LogP contribution >= 0.6 is 0 Å². The molecule has 0 saturated heterocycles. The fourth-order valence-electron chi connectivity index (χ4n) is 2.12. The molecule has 12 nitrogen and oxygen atoms in total. The summed E-state index contributed by atoms with van der Waals surface area (Å²) in [6.45, 7) is 0. The third-order valence-corrected chi connectivity index (χ3v) is 2.91. The SMILES string of the molecule is O=C(O)Oc1cc(OC(=O)O)cc(-c2cc(OC(=O)O)cc(OC(=O)O)c2)c1. The van der Waals surface area contributed by atoms with Crippen molar-refractivity contribution in [2.75, 3.05) is 0 Å². The van der Waals surface area contributed by atoms with Gasteiger partial charge in [0.1, 0.15) is 23.0 Å². The van der Waals surface area contributed by atoms with E-state index in [-0.39, 0.29) is 34.1 Å². The van der Waals surface area contributed by atoms with Crippen LogP contribution in [0.25, 0.3) is 11.1 Å². The Morgan fingerprint density at radius 3 is 0.857 bits per heavy atom. The Morgan fingerprint density at radius 2 is 0.679 bits per heavy atom. The van der Waals surface area contributed by atoms with Crippen molar-refractivity contribution >= 4 is 24.6 Å². The van der Waals surface area contributed by atoms with Gasteiger partial charge in [0, 0.05) is 12.1 Å². The van der Waals surface area contributed by atoms with Crippen molar-refractivity contribution in [3.63, 3.8) is 0 Å². The molecule has 12 heteroatoms. The van der Waals surface area contributed by atoms with E-state index in [4.69, 9.17) is 20.4 Å². The Kier molecular flexibility index (Phi) is 5.86. The Hall–Kier alpha value is -4.48. The van der Waals surface area contributed by atoms with E-state index in [0.29, 0.717) is 0 Å². The number of carbonyl (C=O) groups is 4. The zero-order valence-electron chi connectivity index (χ0n) is 13.5. The fourth-order valence-corrected chi connectivity index (χ4v) is 2.12. The molecule has 2 rings (SSSR count). The standard InChI is InChI=1S/C16H10O12/c17-13(18)25-9-1-7(2-10(5-9)26-14(19)20)8-3-11(27-15(21)22)6-12(4-8)28-16(23)24/h1-6H,(H,17,18)(H,19,20)(H,21,22)(H,23,24). The first kappa shape index (κ1) is 19.8. The van der Waals surface area contributed by atoms with Crippen LogP contribution in [0.15, 0.2) is 36.4 Å². The number of carboxylic acid groups (broad SMARTS) is 4. The van der Waals surface area contributed by atoms with Crippen LogP contribution in [0.1, 0.15) is 0 Å². The van der Waals surface area contributed by atoms with Crippen molar-refractivity contribution in [3.8, 4) is 34.1 Å². The van der Waals surface area contributed by atoms with Gasteiger partial charge in [-0.1, -0.05) is 0 Å². The quantitative estimate of drug-likeness (QED) is 0.427. The summed E-state index contributed by atoms with van der Waals surface area (Å²) in [6.07, 6.45) is -6.74. The molecule has 4 N–H and O–H groups in total. The molecule has 28 heavy (non-hydrogen) atoms. The minimum Gasteiger partial charge on any atom is -0.449 e. The van der Waals surface area contributed by atoms with Gasteiger partial charge in [-0.25, -0.2) is 19.2 Å². The average Bonchev–Trinajstić information content (AvgIpc) is 2.51. The third-order valence-electron chi connectivity index (χ3n) is 2.91. The van der Waals surface area contributed by atoms with Crippen LogP contribution in [0.3, 0.4) is 0 Å². The van der Waals surface area contributed by atoms with Gasteiger partial charge in [-0.3, -0.25) is 0 Å².